The minimum absolute atomic E-state index is 0.549. The summed E-state index contributed by atoms with van der Waals surface area (Å²) in [4.78, 5) is 11.9. The van der Waals surface area contributed by atoms with E-state index in [-0.39, 0.29) is 0 Å². The van der Waals surface area contributed by atoms with Crippen LogP contribution in [0.5, 0.6) is 0 Å². The predicted molar refractivity (Wildman–Crippen MR) is 115 cm³/mol. The van der Waals surface area contributed by atoms with Gasteiger partial charge in [-0.1, -0.05) is 54.6 Å². The average Bonchev–Trinajstić information content (AvgIpc) is 3.31. The van der Waals surface area contributed by atoms with Gasteiger partial charge in [0.15, 0.2) is 0 Å². The van der Waals surface area contributed by atoms with Crippen molar-refractivity contribution in [3.05, 3.63) is 95.9 Å². The number of nitrogens with one attached hydrogen (secondary N) is 1. The van der Waals surface area contributed by atoms with Crippen LogP contribution in [-0.2, 0) is 19.5 Å². The second-order valence-electron chi connectivity index (χ2n) is 7.17. The fraction of sp³-hybridized carbons (Fsp3) is 0.167. The monoisotopic (exact) mass is 382 g/mol. The number of furan rings is 1. The molecule has 5 heteroatoms. The lowest BCUT2D eigenvalue weighted by atomic mass is 10.00. The summed E-state index contributed by atoms with van der Waals surface area (Å²) in [5.41, 5.74) is 4.78. The van der Waals surface area contributed by atoms with Crippen LogP contribution in [0.2, 0.25) is 0 Å². The Morgan fingerprint density at radius 1 is 0.897 bits per heavy atom. The Morgan fingerprint density at radius 3 is 2.55 bits per heavy atom. The van der Waals surface area contributed by atoms with Crippen molar-refractivity contribution in [1.29, 1.82) is 0 Å². The summed E-state index contributed by atoms with van der Waals surface area (Å²) in [7, 11) is 0. The van der Waals surface area contributed by atoms with Crippen molar-refractivity contribution in [3.63, 3.8) is 0 Å². The largest absolute Gasteiger partial charge is 0.467 e. The molecular formula is C24H22N4O. The molecule has 0 saturated heterocycles. The van der Waals surface area contributed by atoms with E-state index in [0.29, 0.717) is 12.5 Å². The minimum atomic E-state index is 0.549. The Kier molecular flexibility index (Phi) is 4.70. The molecule has 0 amide bonds. The van der Waals surface area contributed by atoms with E-state index in [1.807, 2.05) is 30.3 Å². The smallest absolute Gasteiger partial charge is 0.225 e. The summed E-state index contributed by atoms with van der Waals surface area (Å²) in [6.07, 6.45) is 2.70. The number of aromatic nitrogens is 2. The third-order valence-electron chi connectivity index (χ3n) is 5.24. The van der Waals surface area contributed by atoms with Crippen LogP contribution in [0, 0.1) is 0 Å². The van der Waals surface area contributed by atoms with Crippen molar-refractivity contribution >= 4 is 11.8 Å². The van der Waals surface area contributed by atoms with E-state index in [0.717, 1.165) is 42.3 Å². The van der Waals surface area contributed by atoms with Gasteiger partial charge in [0.25, 0.3) is 0 Å². The number of fused-ring (bicyclic) bond motifs is 1. The summed E-state index contributed by atoms with van der Waals surface area (Å²) in [5.74, 6) is 2.40. The average molecular weight is 382 g/mol. The van der Waals surface area contributed by atoms with E-state index in [4.69, 9.17) is 14.4 Å². The fourth-order valence-electron chi connectivity index (χ4n) is 3.70. The highest BCUT2D eigenvalue weighted by Gasteiger charge is 2.19. The lowest BCUT2D eigenvalue weighted by molar-refractivity contribution is 0.517. The first-order chi connectivity index (χ1) is 14.3. The molecule has 144 valence electrons. The zero-order chi connectivity index (χ0) is 19.5. The molecular weight excluding hydrogens is 360 g/mol. The number of benzene rings is 2. The first kappa shape index (κ1) is 17.5. The molecule has 3 heterocycles. The highest BCUT2D eigenvalue weighted by molar-refractivity contribution is 5.65. The Bertz CT molecular complexity index is 1090. The normalized spacial score (nSPS) is 13.2. The van der Waals surface area contributed by atoms with Crippen molar-refractivity contribution in [2.75, 3.05) is 16.8 Å². The molecule has 29 heavy (non-hydrogen) atoms. The highest BCUT2D eigenvalue weighted by Crippen LogP contribution is 2.27. The molecule has 0 saturated carbocycles. The molecule has 2 aromatic carbocycles. The van der Waals surface area contributed by atoms with Crippen LogP contribution in [0.25, 0.3) is 11.3 Å². The van der Waals surface area contributed by atoms with Gasteiger partial charge in [-0.15, -0.1) is 0 Å². The van der Waals surface area contributed by atoms with E-state index >= 15 is 0 Å². The van der Waals surface area contributed by atoms with Gasteiger partial charge in [0, 0.05) is 24.7 Å². The van der Waals surface area contributed by atoms with Gasteiger partial charge in [0.1, 0.15) is 11.6 Å². The van der Waals surface area contributed by atoms with Crippen LogP contribution in [0.15, 0.2) is 83.5 Å². The van der Waals surface area contributed by atoms with Crippen molar-refractivity contribution in [3.8, 4) is 11.3 Å². The SMILES string of the molecule is c1ccc(-c2cc(N3CCc4ccccc4C3)nc(NCc3ccco3)n2)cc1. The molecule has 0 spiro atoms. The van der Waals surface area contributed by atoms with E-state index in [1.165, 1.54) is 11.1 Å². The van der Waals surface area contributed by atoms with Gasteiger partial charge < -0.3 is 14.6 Å². The van der Waals surface area contributed by atoms with Crippen molar-refractivity contribution in [1.82, 2.24) is 9.97 Å². The Labute approximate surface area is 170 Å². The summed E-state index contributed by atoms with van der Waals surface area (Å²) in [5, 5.41) is 3.31. The molecule has 0 atom stereocenters. The molecule has 0 bridgehead atoms. The minimum Gasteiger partial charge on any atom is -0.467 e. The number of hydrogen-bond donors (Lipinski definition) is 1. The van der Waals surface area contributed by atoms with Gasteiger partial charge in [-0.25, -0.2) is 4.98 Å². The molecule has 2 aromatic heterocycles. The Balaban J connectivity index is 1.48. The van der Waals surface area contributed by atoms with Gasteiger partial charge in [-0.3, -0.25) is 0 Å². The zero-order valence-electron chi connectivity index (χ0n) is 16.1. The van der Waals surface area contributed by atoms with Crippen LogP contribution in [0.3, 0.4) is 0 Å². The topological polar surface area (TPSA) is 54.2 Å². The van der Waals surface area contributed by atoms with Crippen LogP contribution in [0.4, 0.5) is 11.8 Å². The van der Waals surface area contributed by atoms with Gasteiger partial charge in [0.05, 0.1) is 18.5 Å². The van der Waals surface area contributed by atoms with E-state index < -0.39 is 0 Å². The number of nitrogens with zero attached hydrogens (tertiary/aromatic N) is 3. The Hall–Kier alpha value is -3.60. The first-order valence-corrected chi connectivity index (χ1v) is 9.88. The predicted octanol–water partition coefficient (Wildman–Crippen LogP) is 4.91. The van der Waals surface area contributed by atoms with Crippen molar-refractivity contribution < 1.29 is 4.42 Å². The second-order valence-corrected chi connectivity index (χ2v) is 7.17. The molecule has 0 aliphatic carbocycles. The lowest BCUT2D eigenvalue weighted by Crippen LogP contribution is -2.31. The molecule has 0 radical (unpaired) electrons. The number of hydrogen-bond acceptors (Lipinski definition) is 5. The summed E-state index contributed by atoms with van der Waals surface area (Å²) >= 11 is 0. The maximum atomic E-state index is 5.43. The molecule has 1 aliphatic rings. The third kappa shape index (κ3) is 3.85. The van der Waals surface area contributed by atoms with E-state index in [1.54, 1.807) is 6.26 Å². The molecule has 4 aromatic rings. The van der Waals surface area contributed by atoms with Gasteiger partial charge in [-0.2, -0.15) is 4.98 Å². The first-order valence-electron chi connectivity index (χ1n) is 9.88. The summed E-state index contributed by atoms with van der Waals surface area (Å²) < 4.78 is 5.43. The second kappa shape index (κ2) is 7.80. The maximum absolute atomic E-state index is 5.43. The number of rotatable bonds is 5. The molecule has 1 aliphatic heterocycles. The third-order valence-corrected chi connectivity index (χ3v) is 5.24. The maximum Gasteiger partial charge on any atom is 0.225 e. The lowest BCUT2D eigenvalue weighted by Gasteiger charge is -2.30. The van der Waals surface area contributed by atoms with Gasteiger partial charge in [-0.05, 0) is 29.7 Å². The molecule has 5 nitrogen and oxygen atoms in total. The highest BCUT2D eigenvalue weighted by atomic mass is 16.3. The summed E-state index contributed by atoms with van der Waals surface area (Å²) in [6, 6.07) is 24.8. The summed E-state index contributed by atoms with van der Waals surface area (Å²) in [6.45, 7) is 2.35. The van der Waals surface area contributed by atoms with Crippen LogP contribution >= 0.6 is 0 Å². The number of anilines is 2. The quantitative estimate of drug-likeness (QED) is 0.531. The van der Waals surface area contributed by atoms with Crippen molar-refractivity contribution in [2.45, 2.75) is 19.5 Å². The van der Waals surface area contributed by atoms with Crippen molar-refractivity contribution in [2.24, 2.45) is 0 Å². The van der Waals surface area contributed by atoms with Gasteiger partial charge >= 0.3 is 0 Å². The van der Waals surface area contributed by atoms with Crippen LogP contribution < -0.4 is 10.2 Å². The molecule has 0 unspecified atom stereocenters. The van der Waals surface area contributed by atoms with E-state index in [9.17, 15) is 0 Å². The van der Waals surface area contributed by atoms with Gasteiger partial charge in [0.2, 0.25) is 5.95 Å². The molecule has 1 N–H and O–H groups in total. The zero-order valence-corrected chi connectivity index (χ0v) is 16.1. The molecule has 0 fully saturated rings. The van der Waals surface area contributed by atoms with Crippen LogP contribution in [0.1, 0.15) is 16.9 Å². The van der Waals surface area contributed by atoms with Crippen LogP contribution in [-0.4, -0.2) is 16.5 Å². The van der Waals surface area contributed by atoms with E-state index in [2.05, 4.69) is 52.7 Å². The molecule has 5 rings (SSSR count). The Morgan fingerprint density at radius 2 is 1.72 bits per heavy atom. The fourth-order valence-corrected chi connectivity index (χ4v) is 3.70. The standard InChI is InChI=1S/C24H22N4O/c1-2-8-19(9-3-1)22-15-23(27-24(26-22)25-16-21-11-6-14-29-21)28-13-12-18-7-4-5-10-20(18)17-28/h1-11,14-15H,12-13,16-17H2,(H,25,26,27).